The van der Waals surface area contributed by atoms with E-state index in [2.05, 4.69) is 215 Å². The van der Waals surface area contributed by atoms with Crippen molar-refractivity contribution in [1.29, 1.82) is 0 Å². The van der Waals surface area contributed by atoms with Crippen molar-refractivity contribution < 1.29 is 0 Å². The van der Waals surface area contributed by atoms with E-state index in [1.165, 1.54) is 99.1 Å². The molecule has 0 aliphatic rings. The number of benzene rings is 9. The maximum absolute atomic E-state index is 2.47. The summed E-state index contributed by atoms with van der Waals surface area (Å²) in [4.78, 5) is 0. The zero-order chi connectivity index (χ0) is 35.6. The van der Waals surface area contributed by atoms with Gasteiger partial charge in [0, 0.05) is 32.6 Å². The van der Waals surface area contributed by atoms with Crippen molar-refractivity contribution in [2.75, 3.05) is 0 Å². The molecule has 0 fully saturated rings. The molecule has 11 rings (SSSR count). The Bertz CT molecular complexity index is 3200. The number of nitrogens with zero attached hydrogens (tertiary/aromatic N) is 2. The van der Waals surface area contributed by atoms with Crippen LogP contribution in [0.5, 0.6) is 0 Å². The van der Waals surface area contributed by atoms with Gasteiger partial charge in [0.15, 0.2) is 0 Å². The lowest BCUT2D eigenvalue weighted by Gasteiger charge is -2.13. The third-order valence-corrected chi connectivity index (χ3v) is 11.1. The molecule has 0 atom stereocenters. The minimum Gasteiger partial charge on any atom is -0.309 e. The van der Waals surface area contributed by atoms with Gasteiger partial charge in [-0.15, -0.1) is 0 Å². The highest BCUT2D eigenvalue weighted by Gasteiger charge is 2.20. The Balaban J connectivity index is 1.20. The van der Waals surface area contributed by atoms with E-state index in [9.17, 15) is 0 Å². The molecule has 2 heterocycles. The number of hydrogen-bond acceptors (Lipinski definition) is 0. The summed E-state index contributed by atoms with van der Waals surface area (Å²) in [6, 6.07) is 75.2. The normalized spacial score (nSPS) is 11.7. The summed E-state index contributed by atoms with van der Waals surface area (Å²) in [6.45, 7) is 0. The highest BCUT2D eigenvalue weighted by Crippen LogP contribution is 2.44. The Hall–Kier alpha value is -7.16. The Morgan fingerprint density at radius 1 is 0.278 bits per heavy atom. The van der Waals surface area contributed by atoms with Crippen LogP contribution in [0.2, 0.25) is 0 Å². The summed E-state index contributed by atoms with van der Waals surface area (Å²) in [5.74, 6) is 0. The highest BCUT2D eigenvalue weighted by atomic mass is 15.0. The topological polar surface area (TPSA) is 9.86 Å². The molecular formula is C52H34N2. The van der Waals surface area contributed by atoms with Gasteiger partial charge in [-0.05, 0) is 93.4 Å². The first-order chi connectivity index (χ1) is 26.8. The molecule has 0 spiro atoms. The van der Waals surface area contributed by atoms with Gasteiger partial charge in [0.25, 0.3) is 0 Å². The van der Waals surface area contributed by atoms with Crippen LogP contribution in [0.3, 0.4) is 0 Å². The predicted octanol–water partition coefficient (Wildman–Crippen LogP) is 14.0. The van der Waals surface area contributed by atoms with Gasteiger partial charge < -0.3 is 9.13 Å². The minimum absolute atomic E-state index is 1.17. The van der Waals surface area contributed by atoms with Crippen molar-refractivity contribution in [2.45, 2.75) is 0 Å². The molecule has 54 heavy (non-hydrogen) atoms. The zero-order valence-corrected chi connectivity index (χ0v) is 29.5. The second-order valence-electron chi connectivity index (χ2n) is 14.1. The van der Waals surface area contributed by atoms with Crippen molar-refractivity contribution in [3.8, 4) is 44.8 Å². The molecule has 11 aromatic rings. The number of para-hydroxylation sites is 2. The largest absolute Gasteiger partial charge is 0.309 e. The van der Waals surface area contributed by atoms with Gasteiger partial charge in [-0.3, -0.25) is 0 Å². The molecule has 0 saturated carbocycles. The molecule has 0 aliphatic carbocycles. The van der Waals surface area contributed by atoms with E-state index < -0.39 is 0 Å². The Kier molecular flexibility index (Phi) is 6.90. The van der Waals surface area contributed by atoms with Crippen LogP contribution < -0.4 is 0 Å². The van der Waals surface area contributed by atoms with Gasteiger partial charge in [0.05, 0.1) is 27.8 Å². The van der Waals surface area contributed by atoms with Crippen LogP contribution in [0.1, 0.15) is 0 Å². The van der Waals surface area contributed by atoms with E-state index >= 15 is 0 Å². The lowest BCUT2D eigenvalue weighted by Crippen LogP contribution is -1.95. The number of hydrogen-bond donors (Lipinski definition) is 0. The first-order valence-electron chi connectivity index (χ1n) is 18.6. The van der Waals surface area contributed by atoms with E-state index in [4.69, 9.17) is 0 Å². The van der Waals surface area contributed by atoms with Crippen LogP contribution >= 0.6 is 0 Å². The summed E-state index contributed by atoms with van der Waals surface area (Å²) >= 11 is 0. The van der Waals surface area contributed by atoms with Gasteiger partial charge in [-0.2, -0.15) is 0 Å². The van der Waals surface area contributed by atoms with Gasteiger partial charge in [0.2, 0.25) is 0 Å². The SMILES string of the molecule is c1ccc(-c2ccccc2-c2cccc3c2c2cc(-c4ccc5c(c4)c4ccccc4n5-c4ccccc4)ccc2n3-c2cccc3ccccc23)cc1. The maximum Gasteiger partial charge on any atom is 0.0547 e. The maximum atomic E-state index is 2.47. The lowest BCUT2D eigenvalue weighted by molar-refractivity contribution is 1.18. The molecule has 0 amide bonds. The Labute approximate surface area is 313 Å². The van der Waals surface area contributed by atoms with Gasteiger partial charge in [-0.25, -0.2) is 0 Å². The second-order valence-corrected chi connectivity index (χ2v) is 14.1. The summed E-state index contributed by atoms with van der Waals surface area (Å²) in [6.07, 6.45) is 0. The molecule has 2 nitrogen and oxygen atoms in total. The molecule has 0 bridgehead atoms. The van der Waals surface area contributed by atoms with Crippen LogP contribution in [0, 0.1) is 0 Å². The van der Waals surface area contributed by atoms with E-state index in [1.54, 1.807) is 0 Å². The standard InChI is InChI=1S/C52H34N2/c1-3-15-35(16-4-1)40-21-9-10-23-42(40)44-25-14-28-51-52(44)46-34-38(30-32-50(46)54(51)47-27-13-18-36-17-7-8-22-41(36)47)37-29-31-49-45(33-37)43-24-11-12-26-48(43)53(49)39-19-5-2-6-20-39/h1-34H. The van der Waals surface area contributed by atoms with Crippen molar-refractivity contribution in [1.82, 2.24) is 9.13 Å². The fourth-order valence-corrected chi connectivity index (χ4v) is 8.73. The predicted molar refractivity (Wildman–Crippen MR) is 229 cm³/mol. The molecule has 2 aromatic heterocycles. The van der Waals surface area contributed by atoms with Gasteiger partial charge >= 0.3 is 0 Å². The third kappa shape index (κ3) is 4.67. The first-order valence-corrected chi connectivity index (χ1v) is 18.6. The average molecular weight is 687 g/mol. The average Bonchev–Trinajstić information content (AvgIpc) is 3.76. The van der Waals surface area contributed by atoms with Crippen molar-refractivity contribution in [2.24, 2.45) is 0 Å². The first kappa shape index (κ1) is 30.5. The molecule has 0 radical (unpaired) electrons. The monoisotopic (exact) mass is 686 g/mol. The summed E-state index contributed by atoms with van der Waals surface area (Å²) in [5, 5.41) is 7.47. The summed E-state index contributed by atoms with van der Waals surface area (Å²) in [5.41, 5.74) is 14.5. The fraction of sp³-hybridized carbons (Fsp3) is 0. The fourth-order valence-electron chi connectivity index (χ4n) is 8.73. The molecule has 0 aliphatic heterocycles. The van der Waals surface area contributed by atoms with Crippen LogP contribution in [-0.4, -0.2) is 9.13 Å². The molecule has 0 saturated heterocycles. The van der Waals surface area contributed by atoms with Gasteiger partial charge in [-0.1, -0.05) is 152 Å². The Morgan fingerprint density at radius 2 is 0.833 bits per heavy atom. The molecule has 252 valence electrons. The minimum atomic E-state index is 1.17. The third-order valence-electron chi connectivity index (χ3n) is 11.1. The molecule has 9 aromatic carbocycles. The van der Waals surface area contributed by atoms with Crippen LogP contribution in [0.25, 0.3) is 99.1 Å². The molecule has 2 heteroatoms. The second kappa shape index (κ2) is 12.2. The molecular weight excluding hydrogens is 653 g/mol. The van der Waals surface area contributed by atoms with Crippen molar-refractivity contribution in [3.05, 3.63) is 206 Å². The van der Waals surface area contributed by atoms with Crippen molar-refractivity contribution >= 4 is 54.4 Å². The van der Waals surface area contributed by atoms with Crippen LogP contribution in [0.4, 0.5) is 0 Å². The highest BCUT2D eigenvalue weighted by molar-refractivity contribution is 6.18. The smallest absolute Gasteiger partial charge is 0.0547 e. The van der Waals surface area contributed by atoms with Gasteiger partial charge in [0.1, 0.15) is 0 Å². The van der Waals surface area contributed by atoms with Crippen molar-refractivity contribution in [3.63, 3.8) is 0 Å². The number of rotatable bonds is 5. The quantitative estimate of drug-likeness (QED) is 0.171. The Morgan fingerprint density at radius 3 is 1.65 bits per heavy atom. The van der Waals surface area contributed by atoms with Crippen LogP contribution in [0.15, 0.2) is 206 Å². The van der Waals surface area contributed by atoms with Crippen LogP contribution in [-0.2, 0) is 0 Å². The lowest BCUT2D eigenvalue weighted by atomic mass is 9.91. The number of aromatic nitrogens is 2. The van der Waals surface area contributed by atoms with E-state index in [0.717, 1.165) is 0 Å². The van der Waals surface area contributed by atoms with E-state index in [-0.39, 0.29) is 0 Å². The van der Waals surface area contributed by atoms with E-state index in [0.29, 0.717) is 0 Å². The summed E-state index contributed by atoms with van der Waals surface area (Å²) in [7, 11) is 0. The number of fused-ring (bicyclic) bond motifs is 7. The molecule has 0 N–H and O–H groups in total. The molecule has 0 unspecified atom stereocenters. The van der Waals surface area contributed by atoms with E-state index in [1.807, 2.05) is 0 Å². The summed E-state index contributed by atoms with van der Waals surface area (Å²) < 4.78 is 4.86. The zero-order valence-electron chi connectivity index (χ0n) is 29.5.